The minimum atomic E-state index is -0.981. The third-order valence-corrected chi connectivity index (χ3v) is 0.674. The van der Waals surface area contributed by atoms with Crippen molar-refractivity contribution < 1.29 is 19.0 Å². The lowest BCUT2D eigenvalue weighted by atomic mass is 10.7. The van der Waals surface area contributed by atoms with Gasteiger partial charge >= 0.3 is 14.7 Å². The zero-order chi connectivity index (χ0) is 9.11. The number of carboxylic acids is 1. The number of carboxylic acid groups (broad SMARTS) is 1. The van der Waals surface area contributed by atoms with Gasteiger partial charge < -0.3 is 5.11 Å². The molecule has 0 bridgehead atoms. The van der Waals surface area contributed by atoms with Crippen molar-refractivity contribution in [2.24, 2.45) is 0 Å². The summed E-state index contributed by atoms with van der Waals surface area (Å²) in [6, 6.07) is 0. The van der Waals surface area contributed by atoms with Crippen LogP contribution >= 0.6 is 8.69 Å². The Hall–Kier alpha value is -0.990. The highest BCUT2D eigenvalue weighted by Gasteiger charge is 1.73. The summed E-state index contributed by atoms with van der Waals surface area (Å²) in [6.45, 7) is 6.64. The largest absolute Gasteiger partial charge is 0.478 e. The standard InChI is InChI=1S/C3H5O2P.C3H4O2/c1-2-3-5-6-4;1-2-3(4)5/h2H,1,3H2;2H,1H2,(H,4,5). The van der Waals surface area contributed by atoms with Crippen LogP contribution in [0.15, 0.2) is 25.3 Å². The van der Waals surface area contributed by atoms with E-state index < -0.39 is 5.97 Å². The van der Waals surface area contributed by atoms with Crippen molar-refractivity contribution >= 4 is 14.7 Å². The second kappa shape index (κ2) is 11.8. The lowest BCUT2D eigenvalue weighted by molar-refractivity contribution is -0.131. The molecule has 0 saturated carbocycles. The predicted octanol–water partition coefficient (Wildman–Crippen LogP) is 1.65. The van der Waals surface area contributed by atoms with Crippen LogP contribution in [0, 0.1) is 0 Å². The van der Waals surface area contributed by atoms with Gasteiger partial charge in [-0.2, -0.15) is 0 Å². The van der Waals surface area contributed by atoms with Crippen LogP contribution in [0.3, 0.4) is 0 Å². The van der Waals surface area contributed by atoms with Crippen molar-refractivity contribution in [3.05, 3.63) is 25.3 Å². The molecule has 0 aliphatic heterocycles. The van der Waals surface area contributed by atoms with Gasteiger partial charge in [-0.25, -0.2) is 9.36 Å². The average Bonchev–Trinajstić information content (AvgIpc) is 2.02. The summed E-state index contributed by atoms with van der Waals surface area (Å²) in [5, 5.41) is 7.60. The molecule has 4 nitrogen and oxygen atoms in total. The molecule has 0 aliphatic rings. The topological polar surface area (TPSA) is 63.6 Å². The predicted molar refractivity (Wildman–Crippen MR) is 41.6 cm³/mol. The Morgan fingerprint density at radius 2 is 2.09 bits per heavy atom. The van der Waals surface area contributed by atoms with Crippen molar-refractivity contribution in [1.82, 2.24) is 0 Å². The molecule has 5 heteroatoms. The van der Waals surface area contributed by atoms with Crippen LogP contribution in [0.1, 0.15) is 0 Å². The van der Waals surface area contributed by atoms with Crippen molar-refractivity contribution in [2.75, 3.05) is 6.61 Å². The first-order valence-corrected chi connectivity index (χ1v) is 3.33. The molecule has 0 aliphatic carbocycles. The second-order valence-electron chi connectivity index (χ2n) is 1.20. The van der Waals surface area contributed by atoms with Gasteiger partial charge in [0.15, 0.2) is 0 Å². The molecule has 0 spiro atoms. The summed E-state index contributed by atoms with van der Waals surface area (Å²) in [7, 11) is -0.276. The Labute approximate surface area is 66.5 Å². The van der Waals surface area contributed by atoms with Crippen LogP contribution in [0.4, 0.5) is 0 Å². The maximum atomic E-state index is 9.39. The summed E-state index contributed by atoms with van der Waals surface area (Å²) < 4.78 is 13.7. The SMILES string of the molecule is C=CC(=O)O.C=CCOP=O. The van der Waals surface area contributed by atoms with E-state index >= 15 is 0 Å². The number of hydrogen-bond acceptors (Lipinski definition) is 3. The fraction of sp³-hybridized carbons (Fsp3) is 0.167. The number of hydrogen-bond donors (Lipinski definition) is 1. The average molecular weight is 176 g/mol. The molecular formula is C6H9O4P. The third kappa shape index (κ3) is 27.5. The molecule has 0 rings (SSSR count). The highest BCUT2D eigenvalue weighted by molar-refractivity contribution is 7.17. The molecule has 1 N–H and O–H groups in total. The first kappa shape index (κ1) is 12.7. The number of rotatable bonds is 4. The first-order valence-electron chi connectivity index (χ1n) is 2.59. The zero-order valence-electron chi connectivity index (χ0n) is 5.90. The molecule has 0 saturated heterocycles. The van der Waals surface area contributed by atoms with E-state index in [1.165, 1.54) is 6.08 Å². The van der Waals surface area contributed by atoms with Gasteiger partial charge in [0.1, 0.15) is 0 Å². The van der Waals surface area contributed by atoms with Gasteiger partial charge in [0.05, 0.1) is 6.61 Å². The van der Waals surface area contributed by atoms with E-state index in [0.29, 0.717) is 6.61 Å². The van der Waals surface area contributed by atoms with E-state index in [9.17, 15) is 9.36 Å². The second-order valence-corrected chi connectivity index (χ2v) is 1.61. The van der Waals surface area contributed by atoms with Gasteiger partial charge in [-0.3, -0.25) is 4.52 Å². The molecular weight excluding hydrogens is 167 g/mol. The van der Waals surface area contributed by atoms with Crippen molar-refractivity contribution in [3.63, 3.8) is 0 Å². The van der Waals surface area contributed by atoms with Crippen LogP contribution < -0.4 is 0 Å². The molecule has 0 amide bonds. The normalized spacial score (nSPS) is 7.64. The highest BCUT2D eigenvalue weighted by Crippen LogP contribution is 1.90. The fourth-order valence-electron chi connectivity index (χ4n) is 0.0831. The Balaban J connectivity index is 0. The van der Waals surface area contributed by atoms with Crippen LogP contribution in [-0.4, -0.2) is 17.7 Å². The Morgan fingerprint density at radius 3 is 2.18 bits per heavy atom. The van der Waals surface area contributed by atoms with Crippen LogP contribution in [0.2, 0.25) is 0 Å². The van der Waals surface area contributed by atoms with E-state index in [2.05, 4.69) is 17.7 Å². The van der Waals surface area contributed by atoms with Gasteiger partial charge in [-0.1, -0.05) is 12.7 Å². The van der Waals surface area contributed by atoms with Gasteiger partial charge in [-0.15, -0.1) is 6.58 Å². The maximum Gasteiger partial charge on any atom is 0.327 e. The van der Waals surface area contributed by atoms with E-state index in [1.54, 1.807) is 0 Å². The molecule has 0 aromatic heterocycles. The zero-order valence-corrected chi connectivity index (χ0v) is 6.79. The summed E-state index contributed by atoms with van der Waals surface area (Å²) >= 11 is 0. The van der Waals surface area contributed by atoms with Gasteiger partial charge in [0.2, 0.25) is 0 Å². The molecule has 0 aromatic carbocycles. The molecule has 0 atom stereocenters. The summed E-state index contributed by atoms with van der Waals surface area (Å²) in [5.74, 6) is -0.981. The number of carbonyl (C=O) groups is 1. The van der Waals surface area contributed by atoms with E-state index in [-0.39, 0.29) is 8.69 Å². The molecule has 11 heavy (non-hydrogen) atoms. The van der Waals surface area contributed by atoms with Crippen LogP contribution in [0.5, 0.6) is 0 Å². The van der Waals surface area contributed by atoms with E-state index in [0.717, 1.165) is 6.08 Å². The van der Waals surface area contributed by atoms with Gasteiger partial charge in [0.25, 0.3) is 0 Å². The highest BCUT2D eigenvalue weighted by atomic mass is 31.1. The third-order valence-electron chi connectivity index (χ3n) is 0.420. The van der Waals surface area contributed by atoms with E-state index in [4.69, 9.17) is 5.11 Å². The Morgan fingerprint density at radius 1 is 1.64 bits per heavy atom. The first-order chi connectivity index (χ1) is 5.18. The van der Waals surface area contributed by atoms with Crippen molar-refractivity contribution in [2.45, 2.75) is 0 Å². The fourth-order valence-corrected chi connectivity index (χ4v) is 0.249. The van der Waals surface area contributed by atoms with Crippen molar-refractivity contribution in [1.29, 1.82) is 0 Å². The van der Waals surface area contributed by atoms with Gasteiger partial charge in [-0.05, 0) is 0 Å². The summed E-state index contributed by atoms with van der Waals surface area (Å²) in [6.07, 6.45) is 2.37. The quantitative estimate of drug-likeness (QED) is 0.306. The van der Waals surface area contributed by atoms with Crippen LogP contribution in [0.25, 0.3) is 0 Å². The van der Waals surface area contributed by atoms with Gasteiger partial charge in [0, 0.05) is 6.08 Å². The molecule has 0 aromatic rings. The molecule has 0 heterocycles. The van der Waals surface area contributed by atoms with E-state index in [1.807, 2.05) is 0 Å². The lowest BCUT2D eigenvalue weighted by Crippen LogP contribution is -1.82. The molecule has 0 unspecified atom stereocenters. The summed E-state index contributed by atoms with van der Waals surface area (Å²) in [4.78, 5) is 9.25. The molecule has 62 valence electrons. The lowest BCUT2D eigenvalue weighted by Gasteiger charge is -1.76. The minimum absolute atomic E-state index is 0.276. The number of aliphatic carboxylic acids is 1. The Kier molecular flexibility index (Phi) is 13.5. The monoisotopic (exact) mass is 176 g/mol. The molecule has 0 fully saturated rings. The summed E-state index contributed by atoms with van der Waals surface area (Å²) in [5.41, 5.74) is 0. The van der Waals surface area contributed by atoms with Crippen molar-refractivity contribution in [3.8, 4) is 0 Å². The Bertz CT molecular complexity index is 136. The molecule has 0 radical (unpaired) electrons. The van der Waals surface area contributed by atoms with Crippen LogP contribution in [-0.2, 0) is 13.9 Å². The maximum absolute atomic E-state index is 9.39. The smallest absolute Gasteiger partial charge is 0.327 e. The minimum Gasteiger partial charge on any atom is -0.478 e.